The molecule has 0 aromatic carbocycles. The Morgan fingerprint density at radius 1 is 1.36 bits per heavy atom. The van der Waals surface area contributed by atoms with Crippen LogP contribution in [0, 0.1) is 11.3 Å². The first-order valence-corrected chi connectivity index (χ1v) is 8.73. The predicted octanol–water partition coefficient (Wildman–Crippen LogP) is 2.17. The van der Waals surface area contributed by atoms with Crippen LogP contribution < -0.4 is 0 Å². The largest absolute Gasteiger partial charge is 0.451 e. The van der Waals surface area contributed by atoms with Crippen LogP contribution in [0.25, 0.3) is 0 Å². The number of alkyl halides is 2. The maximum atomic E-state index is 14.4. The van der Waals surface area contributed by atoms with Crippen molar-refractivity contribution in [1.29, 1.82) is 0 Å². The van der Waals surface area contributed by atoms with Crippen LogP contribution in [0.15, 0.2) is 17.1 Å². The molecule has 3 fully saturated rings. The van der Waals surface area contributed by atoms with Gasteiger partial charge in [0.2, 0.25) is 5.91 Å². The highest BCUT2D eigenvalue weighted by Crippen LogP contribution is 2.46. The summed E-state index contributed by atoms with van der Waals surface area (Å²) >= 11 is 0. The molecule has 2 saturated heterocycles. The van der Waals surface area contributed by atoms with Gasteiger partial charge in [0.05, 0.1) is 12.0 Å². The quantitative estimate of drug-likeness (QED) is 0.835. The van der Waals surface area contributed by atoms with Gasteiger partial charge in [0.15, 0.2) is 12.1 Å². The van der Waals surface area contributed by atoms with Gasteiger partial charge in [-0.2, -0.15) is 0 Å². The number of carbonyl (C=O) groups is 2. The molecule has 6 nitrogen and oxygen atoms in total. The summed E-state index contributed by atoms with van der Waals surface area (Å²) in [5.74, 6) is -3.43. The van der Waals surface area contributed by atoms with Crippen LogP contribution in [0.2, 0.25) is 0 Å². The molecular weight excluding hydrogens is 332 g/mol. The molecule has 1 spiro atoms. The van der Waals surface area contributed by atoms with E-state index in [9.17, 15) is 18.4 Å². The van der Waals surface area contributed by atoms with Gasteiger partial charge >= 0.3 is 0 Å². The molecule has 2 amide bonds. The van der Waals surface area contributed by atoms with Crippen molar-refractivity contribution in [2.24, 2.45) is 11.3 Å². The third-order valence-electron chi connectivity index (χ3n) is 5.76. The molecule has 1 aromatic rings. The molecule has 8 heteroatoms. The van der Waals surface area contributed by atoms with Gasteiger partial charge in [-0.3, -0.25) is 9.59 Å². The van der Waals surface area contributed by atoms with Crippen LogP contribution in [0.4, 0.5) is 8.78 Å². The van der Waals surface area contributed by atoms with E-state index in [2.05, 4.69) is 4.98 Å². The summed E-state index contributed by atoms with van der Waals surface area (Å²) in [5.41, 5.74) is -1.19. The first-order valence-electron chi connectivity index (χ1n) is 8.73. The average molecular weight is 353 g/mol. The van der Waals surface area contributed by atoms with Gasteiger partial charge < -0.3 is 14.2 Å². The van der Waals surface area contributed by atoms with Gasteiger partial charge in [0.1, 0.15) is 6.26 Å². The number of hydrogen-bond acceptors (Lipinski definition) is 4. The van der Waals surface area contributed by atoms with Gasteiger partial charge in [-0.25, -0.2) is 13.8 Å². The van der Waals surface area contributed by atoms with Gasteiger partial charge in [-0.1, -0.05) is 6.42 Å². The van der Waals surface area contributed by atoms with E-state index < -0.39 is 30.2 Å². The zero-order valence-electron chi connectivity index (χ0n) is 13.9. The second-order valence-corrected chi connectivity index (χ2v) is 7.65. The van der Waals surface area contributed by atoms with E-state index in [1.807, 2.05) is 0 Å². The normalized spacial score (nSPS) is 29.3. The molecule has 4 rings (SSSR count). The Morgan fingerprint density at radius 2 is 2.16 bits per heavy atom. The fourth-order valence-corrected chi connectivity index (χ4v) is 4.30. The number of aromatic nitrogens is 1. The van der Waals surface area contributed by atoms with Crippen LogP contribution in [-0.2, 0) is 4.79 Å². The third-order valence-corrected chi connectivity index (χ3v) is 5.76. The smallest absolute Gasteiger partial charge is 0.276 e. The maximum absolute atomic E-state index is 14.4. The van der Waals surface area contributed by atoms with Crippen molar-refractivity contribution >= 4 is 11.8 Å². The van der Waals surface area contributed by atoms with E-state index in [0.29, 0.717) is 25.4 Å². The number of likely N-dealkylation sites (tertiary alicyclic amines) is 2. The van der Waals surface area contributed by atoms with Crippen molar-refractivity contribution < 1.29 is 22.8 Å². The predicted molar refractivity (Wildman–Crippen MR) is 82.9 cm³/mol. The van der Waals surface area contributed by atoms with Gasteiger partial charge in [-0.15, -0.1) is 0 Å². The summed E-state index contributed by atoms with van der Waals surface area (Å²) in [6.45, 7) is 0.491. The van der Waals surface area contributed by atoms with Crippen molar-refractivity contribution in [1.82, 2.24) is 14.8 Å². The van der Waals surface area contributed by atoms with Gasteiger partial charge in [0, 0.05) is 26.1 Å². The maximum Gasteiger partial charge on any atom is 0.276 e. The average Bonchev–Trinajstić information content (AvgIpc) is 3.12. The Morgan fingerprint density at radius 3 is 2.80 bits per heavy atom. The van der Waals surface area contributed by atoms with Crippen LogP contribution in [0.5, 0.6) is 0 Å². The summed E-state index contributed by atoms with van der Waals surface area (Å²) in [4.78, 5) is 31.9. The zero-order valence-corrected chi connectivity index (χ0v) is 13.9. The Bertz CT molecular complexity index is 675. The Kier molecular flexibility index (Phi) is 3.81. The number of amides is 2. The lowest BCUT2D eigenvalue weighted by atomic mass is 9.76. The topological polar surface area (TPSA) is 66.7 Å². The molecule has 1 atom stereocenters. The molecule has 0 N–H and O–H groups in total. The van der Waals surface area contributed by atoms with E-state index in [1.54, 1.807) is 4.90 Å². The van der Waals surface area contributed by atoms with Crippen molar-refractivity contribution in [2.75, 3.05) is 26.2 Å². The summed E-state index contributed by atoms with van der Waals surface area (Å²) in [6.07, 6.45) is 5.50. The molecule has 2 aliphatic heterocycles. The minimum atomic E-state index is -3.08. The van der Waals surface area contributed by atoms with E-state index in [0.717, 1.165) is 30.4 Å². The molecule has 3 aliphatic rings. The highest BCUT2D eigenvalue weighted by atomic mass is 19.3. The highest BCUT2D eigenvalue weighted by Gasteiger charge is 2.58. The minimum Gasteiger partial charge on any atom is -0.451 e. The molecule has 25 heavy (non-hydrogen) atoms. The molecule has 1 saturated carbocycles. The van der Waals surface area contributed by atoms with Crippen LogP contribution in [0.1, 0.15) is 42.6 Å². The third kappa shape index (κ3) is 2.91. The zero-order chi connectivity index (χ0) is 17.7. The first kappa shape index (κ1) is 16.5. The fraction of sp³-hybridized carbons (Fsp3) is 0.706. The molecule has 0 unspecified atom stereocenters. The number of rotatable bonds is 3. The monoisotopic (exact) mass is 353 g/mol. The summed E-state index contributed by atoms with van der Waals surface area (Å²) in [6, 6.07) is 0. The second-order valence-electron chi connectivity index (χ2n) is 7.65. The number of carbonyl (C=O) groups excluding carboxylic acids is 2. The molecule has 0 bridgehead atoms. The molecule has 1 aliphatic carbocycles. The standard InChI is InChI=1S/C17H21F2N3O3/c18-17(19)8-16(4-5-21(15(16)24)6-12-2-1-3-12)9-22(10-17)14(23)13-7-25-11-20-13/h7,11-12H,1-6,8-10H2/t16-/m0/s1. The summed E-state index contributed by atoms with van der Waals surface area (Å²) < 4.78 is 33.5. The Labute approximate surface area is 144 Å². The van der Waals surface area contributed by atoms with Crippen molar-refractivity contribution in [3.05, 3.63) is 18.4 Å². The molecular formula is C17H21F2N3O3. The van der Waals surface area contributed by atoms with Crippen LogP contribution in [0.3, 0.4) is 0 Å². The van der Waals surface area contributed by atoms with E-state index >= 15 is 0 Å². The van der Waals surface area contributed by atoms with Crippen molar-refractivity contribution in [3.63, 3.8) is 0 Å². The van der Waals surface area contributed by atoms with Crippen LogP contribution >= 0.6 is 0 Å². The second kappa shape index (κ2) is 5.78. The molecule has 1 aromatic heterocycles. The van der Waals surface area contributed by atoms with Gasteiger partial charge in [0.25, 0.3) is 11.8 Å². The lowest BCUT2D eigenvalue weighted by Crippen LogP contribution is -2.57. The Hall–Kier alpha value is -1.99. The number of nitrogens with zero attached hydrogens (tertiary/aromatic N) is 3. The fourth-order valence-electron chi connectivity index (χ4n) is 4.30. The van der Waals surface area contributed by atoms with Gasteiger partial charge in [-0.05, 0) is 25.2 Å². The van der Waals surface area contributed by atoms with Crippen molar-refractivity contribution in [3.8, 4) is 0 Å². The number of piperidine rings is 1. The lowest BCUT2D eigenvalue weighted by Gasteiger charge is -2.42. The lowest BCUT2D eigenvalue weighted by molar-refractivity contribution is -0.151. The molecule has 0 radical (unpaired) electrons. The number of oxazole rings is 1. The van der Waals surface area contributed by atoms with E-state index in [-0.39, 0.29) is 18.1 Å². The number of hydrogen-bond donors (Lipinski definition) is 0. The minimum absolute atomic E-state index is 0.00961. The molecule has 136 valence electrons. The molecule has 3 heterocycles. The Balaban J connectivity index is 1.54. The van der Waals surface area contributed by atoms with Crippen molar-refractivity contribution in [2.45, 2.75) is 38.0 Å². The van der Waals surface area contributed by atoms with E-state index in [1.165, 1.54) is 6.42 Å². The van der Waals surface area contributed by atoms with Crippen LogP contribution in [-0.4, -0.2) is 58.7 Å². The summed E-state index contributed by atoms with van der Waals surface area (Å²) in [7, 11) is 0. The highest BCUT2D eigenvalue weighted by molar-refractivity contribution is 5.93. The first-order chi connectivity index (χ1) is 11.9. The van der Waals surface area contributed by atoms with E-state index in [4.69, 9.17) is 4.42 Å². The SMILES string of the molecule is O=C(c1cocn1)N1CC(F)(F)C[C@@]2(CCN(CC3CCC3)C2=O)C1. The number of halogens is 2. The summed E-state index contributed by atoms with van der Waals surface area (Å²) in [5, 5.41) is 0.